The first-order chi connectivity index (χ1) is 6.91. The van der Waals surface area contributed by atoms with Crippen molar-refractivity contribution in [3.8, 4) is 5.75 Å². The lowest BCUT2D eigenvalue weighted by molar-refractivity contribution is -0.0503. The van der Waals surface area contributed by atoms with E-state index in [1.165, 1.54) is 19.1 Å². The Balaban J connectivity index is 3.22. The summed E-state index contributed by atoms with van der Waals surface area (Å²) in [6, 6.07) is 2.59. The molecule has 15 heavy (non-hydrogen) atoms. The second-order valence-electron chi connectivity index (χ2n) is 2.70. The fourth-order valence-electron chi connectivity index (χ4n) is 1.00. The second kappa shape index (κ2) is 4.90. The van der Waals surface area contributed by atoms with Gasteiger partial charge in [0.15, 0.2) is 5.78 Å². The maximum absolute atomic E-state index is 12.0. The van der Waals surface area contributed by atoms with Crippen molar-refractivity contribution < 1.29 is 18.3 Å². The average Bonchev–Trinajstić information content (AvgIpc) is 2.09. The van der Waals surface area contributed by atoms with Crippen LogP contribution in [-0.2, 0) is 0 Å². The molecule has 0 bridgehead atoms. The van der Waals surface area contributed by atoms with Gasteiger partial charge in [0.2, 0.25) is 0 Å². The lowest BCUT2D eigenvalue weighted by Gasteiger charge is -2.09. The van der Waals surface area contributed by atoms with Gasteiger partial charge in [0.05, 0.1) is 4.47 Å². The lowest BCUT2D eigenvalue weighted by atomic mass is 10.1. The minimum atomic E-state index is -2.96. The van der Waals surface area contributed by atoms with Gasteiger partial charge in [-0.15, -0.1) is 0 Å². The molecule has 0 unspecified atom stereocenters. The second-order valence-corrected chi connectivity index (χ2v) is 3.93. The number of hydrogen-bond donors (Lipinski definition) is 0. The molecule has 0 N–H and O–H groups in total. The first-order valence-corrected chi connectivity index (χ1v) is 5.03. The van der Waals surface area contributed by atoms with E-state index in [4.69, 9.17) is 11.6 Å². The summed E-state index contributed by atoms with van der Waals surface area (Å²) in [5.41, 5.74) is 0.207. The van der Waals surface area contributed by atoms with E-state index in [2.05, 4.69) is 20.7 Å². The summed E-state index contributed by atoms with van der Waals surface area (Å²) in [5.74, 6) is -0.439. The molecule has 0 spiro atoms. The molecule has 0 saturated heterocycles. The zero-order chi connectivity index (χ0) is 11.6. The van der Waals surface area contributed by atoms with Crippen molar-refractivity contribution in [3.05, 3.63) is 27.2 Å². The van der Waals surface area contributed by atoms with E-state index in [9.17, 15) is 13.6 Å². The minimum absolute atomic E-state index is 0.150. The normalized spacial score (nSPS) is 10.5. The molecule has 0 amide bonds. The van der Waals surface area contributed by atoms with Crippen LogP contribution in [0.4, 0.5) is 8.78 Å². The zero-order valence-corrected chi connectivity index (χ0v) is 9.90. The monoisotopic (exact) mass is 298 g/mol. The fraction of sp³-hybridized carbons (Fsp3) is 0.222. The highest BCUT2D eigenvalue weighted by Crippen LogP contribution is 2.33. The van der Waals surface area contributed by atoms with Gasteiger partial charge in [0, 0.05) is 16.7 Å². The van der Waals surface area contributed by atoms with Crippen LogP contribution in [0.25, 0.3) is 0 Å². The molecule has 6 heteroatoms. The smallest absolute Gasteiger partial charge is 0.387 e. The fourth-order valence-corrected chi connectivity index (χ4v) is 1.81. The summed E-state index contributed by atoms with van der Waals surface area (Å²) in [5, 5.41) is 0.166. The standard InChI is InChI=1S/C9H6BrClF2O2/c1-4(14)6-2-5(11)3-7(8(6)10)15-9(12)13/h2-3,9H,1H3. The van der Waals surface area contributed by atoms with E-state index in [1.54, 1.807) is 0 Å². The molecule has 1 aromatic carbocycles. The van der Waals surface area contributed by atoms with Crippen molar-refractivity contribution in [2.45, 2.75) is 13.5 Å². The maximum Gasteiger partial charge on any atom is 0.387 e. The first kappa shape index (κ1) is 12.4. The van der Waals surface area contributed by atoms with Crippen molar-refractivity contribution in [2.75, 3.05) is 0 Å². The van der Waals surface area contributed by atoms with Crippen LogP contribution in [0.5, 0.6) is 5.75 Å². The molecule has 2 nitrogen and oxygen atoms in total. The highest BCUT2D eigenvalue weighted by atomic mass is 79.9. The number of rotatable bonds is 3. The molecule has 1 rings (SSSR count). The van der Waals surface area contributed by atoms with Gasteiger partial charge in [0.1, 0.15) is 5.75 Å². The number of carbonyl (C=O) groups is 1. The highest BCUT2D eigenvalue weighted by molar-refractivity contribution is 9.10. The van der Waals surface area contributed by atoms with E-state index >= 15 is 0 Å². The van der Waals surface area contributed by atoms with Gasteiger partial charge in [-0.2, -0.15) is 8.78 Å². The summed E-state index contributed by atoms with van der Waals surface area (Å²) in [6.45, 7) is -1.65. The van der Waals surface area contributed by atoms with Crippen LogP contribution in [-0.4, -0.2) is 12.4 Å². The van der Waals surface area contributed by atoms with Gasteiger partial charge in [0.25, 0.3) is 0 Å². The third kappa shape index (κ3) is 3.14. The molecule has 0 fully saturated rings. The number of halogens is 4. The maximum atomic E-state index is 12.0. The summed E-state index contributed by atoms with van der Waals surface area (Å²) in [7, 11) is 0. The Morgan fingerprint density at radius 2 is 2.13 bits per heavy atom. The molecule has 0 heterocycles. The molecule has 0 aliphatic heterocycles. The van der Waals surface area contributed by atoms with Crippen LogP contribution in [0, 0.1) is 0 Å². The first-order valence-electron chi connectivity index (χ1n) is 3.86. The van der Waals surface area contributed by atoms with Gasteiger partial charge in [-0.1, -0.05) is 11.6 Å². The molecular formula is C9H6BrClF2O2. The molecule has 0 aliphatic carbocycles. The quantitative estimate of drug-likeness (QED) is 0.791. The van der Waals surface area contributed by atoms with Crippen molar-refractivity contribution in [1.29, 1.82) is 0 Å². The molecule has 0 aliphatic rings. The Labute approximate surface area is 98.3 Å². The van der Waals surface area contributed by atoms with Crippen LogP contribution in [0.1, 0.15) is 17.3 Å². The molecule has 0 radical (unpaired) electrons. The SMILES string of the molecule is CC(=O)c1cc(Cl)cc(OC(F)F)c1Br. The number of Topliss-reactive ketones (excluding diaryl/α,β-unsaturated/α-hetero) is 1. The van der Waals surface area contributed by atoms with Gasteiger partial charge in [-0.05, 0) is 28.9 Å². The van der Waals surface area contributed by atoms with E-state index < -0.39 is 6.61 Å². The molecule has 0 saturated carbocycles. The van der Waals surface area contributed by atoms with Crippen molar-refractivity contribution in [1.82, 2.24) is 0 Å². The number of alkyl halides is 2. The third-order valence-electron chi connectivity index (χ3n) is 1.60. The zero-order valence-electron chi connectivity index (χ0n) is 7.56. The Bertz CT molecular complexity index is 396. The van der Waals surface area contributed by atoms with E-state index in [0.29, 0.717) is 0 Å². The van der Waals surface area contributed by atoms with Crippen LogP contribution in [0.2, 0.25) is 5.02 Å². The number of ether oxygens (including phenoxy) is 1. The van der Waals surface area contributed by atoms with Crippen molar-refractivity contribution in [2.24, 2.45) is 0 Å². The van der Waals surface area contributed by atoms with E-state index in [-0.39, 0.29) is 26.6 Å². The molecular weight excluding hydrogens is 293 g/mol. The highest BCUT2D eigenvalue weighted by Gasteiger charge is 2.15. The van der Waals surface area contributed by atoms with E-state index in [0.717, 1.165) is 0 Å². The number of ketones is 1. The molecule has 0 atom stereocenters. The van der Waals surface area contributed by atoms with Crippen molar-refractivity contribution in [3.63, 3.8) is 0 Å². The predicted octanol–water partition coefficient (Wildman–Crippen LogP) is 3.91. The number of carbonyl (C=O) groups excluding carboxylic acids is 1. The Kier molecular flexibility index (Phi) is 4.04. The topological polar surface area (TPSA) is 26.3 Å². The molecule has 1 aromatic rings. The van der Waals surface area contributed by atoms with Crippen LogP contribution >= 0.6 is 27.5 Å². The van der Waals surface area contributed by atoms with Crippen molar-refractivity contribution >= 4 is 33.3 Å². The summed E-state index contributed by atoms with van der Waals surface area (Å²) in [4.78, 5) is 11.1. The molecule has 82 valence electrons. The van der Waals surface area contributed by atoms with E-state index in [1.807, 2.05) is 0 Å². The molecule has 0 aromatic heterocycles. The Morgan fingerprint density at radius 1 is 1.53 bits per heavy atom. The average molecular weight is 299 g/mol. The minimum Gasteiger partial charge on any atom is -0.434 e. The Morgan fingerprint density at radius 3 is 2.60 bits per heavy atom. The van der Waals surface area contributed by atoms with Gasteiger partial charge >= 0.3 is 6.61 Å². The van der Waals surface area contributed by atoms with Gasteiger partial charge in [-0.25, -0.2) is 0 Å². The number of benzene rings is 1. The van der Waals surface area contributed by atoms with Gasteiger partial charge in [-0.3, -0.25) is 4.79 Å². The predicted molar refractivity (Wildman–Crippen MR) is 55.8 cm³/mol. The van der Waals surface area contributed by atoms with Crippen LogP contribution < -0.4 is 4.74 Å². The van der Waals surface area contributed by atoms with Crippen LogP contribution in [0.15, 0.2) is 16.6 Å². The summed E-state index contributed by atoms with van der Waals surface area (Å²) >= 11 is 8.66. The van der Waals surface area contributed by atoms with Gasteiger partial charge < -0.3 is 4.74 Å². The lowest BCUT2D eigenvalue weighted by Crippen LogP contribution is -2.04. The Hall–Kier alpha value is -0.680. The van der Waals surface area contributed by atoms with Crippen LogP contribution in [0.3, 0.4) is 0 Å². The third-order valence-corrected chi connectivity index (χ3v) is 2.64. The number of hydrogen-bond acceptors (Lipinski definition) is 2. The summed E-state index contributed by atoms with van der Waals surface area (Å²) in [6.07, 6.45) is 0. The summed E-state index contributed by atoms with van der Waals surface area (Å²) < 4.78 is 28.4. The largest absolute Gasteiger partial charge is 0.434 e.